The van der Waals surface area contributed by atoms with Gasteiger partial charge in [-0.05, 0) is 12.5 Å². The Labute approximate surface area is 104 Å². The molecule has 2 rings (SSSR count). The summed E-state index contributed by atoms with van der Waals surface area (Å²) in [4.78, 5) is 23.9. The minimum atomic E-state index is -0.437. The van der Waals surface area contributed by atoms with E-state index in [1.54, 1.807) is 0 Å². The summed E-state index contributed by atoms with van der Waals surface area (Å²) in [7, 11) is 0. The largest absolute Gasteiger partial charge is 0.393 e. The lowest BCUT2D eigenvalue weighted by atomic mass is 10.2. The SMILES string of the molecule is CCn1cc(N)c(=O)n(Cc2ccccc2)c1=O. The van der Waals surface area contributed by atoms with Gasteiger partial charge in [-0.15, -0.1) is 0 Å². The number of hydrogen-bond donors (Lipinski definition) is 1. The summed E-state index contributed by atoms with van der Waals surface area (Å²) in [5, 5.41) is 0. The van der Waals surface area contributed by atoms with Crippen LogP contribution in [0.4, 0.5) is 5.69 Å². The molecule has 0 atom stereocenters. The van der Waals surface area contributed by atoms with E-state index in [9.17, 15) is 9.59 Å². The van der Waals surface area contributed by atoms with Gasteiger partial charge in [-0.25, -0.2) is 4.79 Å². The molecule has 1 heterocycles. The van der Waals surface area contributed by atoms with E-state index < -0.39 is 5.56 Å². The van der Waals surface area contributed by atoms with Crippen LogP contribution in [0.5, 0.6) is 0 Å². The van der Waals surface area contributed by atoms with Gasteiger partial charge in [0.15, 0.2) is 0 Å². The van der Waals surface area contributed by atoms with Gasteiger partial charge in [0, 0.05) is 12.7 Å². The maximum absolute atomic E-state index is 12.0. The van der Waals surface area contributed by atoms with Gasteiger partial charge < -0.3 is 5.73 Å². The molecule has 1 aromatic heterocycles. The lowest BCUT2D eigenvalue weighted by Gasteiger charge is -2.09. The third-order valence-electron chi connectivity index (χ3n) is 2.79. The summed E-state index contributed by atoms with van der Waals surface area (Å²) in [6.07, 6.45) is 1.40. The van der Waals surface area contributed by atoms with Crippen molar-refractivity contribution in [1.29, 1.82) is 0 Å². The van der Waals surface area contributed by atoms with E-state index in [1.165, 1.54) is 10.8 Å². The fourth-order valence-electron chi connectivity index (χ4n) is 1.81. The number of nitrogens with two attached hydrogens (primary N) is 1. The summed E-state index contributed by atoms with van der Waals surface area (Å²) < 4.78 is 2.59. The van der Waals surface area contributed by atoms with E-state index in [1.807, 2.05) is 37.3 Å². The molecular weight excluding hydrogens is 230 g/mol. The van der Waals surface area contributed by atoms with Gasteiger partial charge in [-0.1, -0.05) is 30.3 Å². The first kappa shape index (κ1) is 12.2. The van der Waals surface area contributed by atoms with Crippen LogP contribution < -0.4 is 17.0 Å². The quantitative estimate of drug-likeness (QED) is 0.863. The topological polar surface area (TPSA) is 70.0 Å². The molecule has 1 aromatic carbocycles. The standard InChI is InChI=1S/C13H15N3O2/c1-2-15-9-11(14)12(17)16(13(15)18)8-10-6-4-3-5-7-10/h3-7,9H,2,8,14H2,1H3. The van der Waals surface area contributed by atoms with E-state index in [2.05, 4.69) is 0 Å². The Bertz CT molecular complexity index is 656. The van der Waals surface area contributed by atoms with Crippen LogP contribution in [0, 0.1) is 0 Å². The highest BCUT2D eigenvalue weighted by Crippen LogP contribution is 1.99. The first-order chi connectivity index (χ1) is 8.63. The zero-order valence-electron chi connectivity index (χ0n) is 10.2. The van der Waals surface area contributed by atoms with Crippen molar-refractivity contribution in [3.8, 4) is 0 Å². The van der Waals surface area contributed by atoms with Crippen LogP contribution in [-0.4, -0.2) is 9.13 Å². The monoisotopic (exact) mass is 245 g/mol. The second kappa shape index (κ2) is 4.91. The van der Waals surface area contributed by atoms with Crippen molar-refractivity contribution in [3.05, 3.63) is 62.9 Å². The Balaban J connectivity index is 2.54. The maximum atomic E-state index is 12.0. The fraction of sp³-hybridized carbons (Fsp3) is 0.231. The molecule has 0 aliphatic rings. The molecule has 0 bridgehead atoms. The number of aryl methyl sites for hydroxylation is 1. The first-order valence-corrected chi connectivity index (χ1v) is 5.77. The van der Waals surface area contributed by atoms with E-state index >= 15 is 0 Å². The molecule has 5 heteroatoms. The zero-order chi connectivity index (χ0) is 13.1. The average Bonchev–Trinajstić information content (AvgIpc) is 2.40. The molecule has 0 spiro atoms. The first-order valence-electron chi connectivity index (χ1n) is 5.77. The lowest BCUT2D eigenvalue weighted by molar-refractivity contribution is 0.603. The molecule has 0 unspecified atom stereocenters. The smallest absolute Gasteiger partial charge is 0.331 e. The summed E-state index contributed by atoms with van der Waals surface area (Å²) in [5.74, 6) is 0. The Morgan fingerprint density at radius 2 is 1.83 bits per heavy atom. The maximum Gasteiger partial charge on any atom is 0.331 e. The van der Waals surface area contributed by atoms with Gasteiger partial charge in [0.1, 0.15) is 5.69 Å². The van der Waals surface area contributed by atoms with E-state index in [0.717, 1.165) is 10.1 Å². The van der Waals surface area contributed by atoms with Gasteiger partial charge >= 0.3 is 5.69 Å². The van der Waals surface area contributed by atoms with E-state index in [-0.39, 0.29) is 17.9 Å². The number of aromatic nitrogens is 2. The summed E-state index contributed by atoms with van der Waals surface area (Å²) in [6.45, 7) is 2.56. The van der Waals surface area contributed by atoms with E-state index in [4.69, 9.17) is 5.73 Å². The normalized spacial score (nSPS) is 10.5. The number of benzene rings is 1. The fourth-order valence-corrected chi connectivity index (χ4v) is 1.81. The number of nitrogens with zero attached hydrogens (tertiary/aromatic N) is 2. The second-order valence-electron chi connectivity index (χ2n) is 4.03. The van der Waals surface area contributed by atoms with Crippen molar-refractivity contribution in [2.24, 2.45) is 0 Å². The summed E-state index contributed by atoms with van der Waals surface area (Å²) >= 11 is 0. The van der Waals surface area contributed by atoms with Crippen molar-refractivity contribution in [2.45, 2.75) is 20.0 Å². The van der Waals surface area contributed by atoms with Crippen LogP contribution in [-0.2, 0) is 13.1 Å². The molecule has 2 N–H and O–H groups in total. The predicted molar refractivity (Wildman–Crippen MR) is 70.6 cm³/mol. The third kappa shape index (κ3) is 2.20. The van der Waals surface area contributed by atoms with Crippen LogP contribution in [0.15, 0.2) is 46.1 Å². The molecule has 94 valence electrons. The molecule has 0 aliphatic carbocycles. The Kier molecular flexibility index (Phi) is 3.32. The third-order valence-corrected chi connectivity index (χ3v) is 2.79. The Morgan fingerprint density at radius 3 is 2.44 bits per heavy atom. The molecule has 18 heavy (non-hydrogen) atoms. The zero-order valence-corrected chi connectivity index (χ0v) is 10.2. The van der Waals surface area contributed by atoms with Crippen molar-refractivity contribution in [2.75, 3.05) is 5.73 Å². The minimum Gasteiger partial charge on any atom is -0.393 e. The van der Waals surface area contributed by atoms with Crippen LogP contribution in [0.1, 0.15) is 12.5 Å². The van der Waals surface area contributed by atoms with Crippen LogP contribution in [0.2, 0.25) is 0 Å². The van der Waals surface area contributed by atoms with Crippen molar-refractivity contribution < 1.29 is 0 Å². The van der Waals surface area contributed by atoms with Gasteiger partial charge in [-0.2, -0.15) is 0 Å². The molecule has 0 amide bonds. The van der Waals surface area contributed by atoms with Gasteiger partial charge in [0.05, 0.1) is 6.54 Å². The van der Waals surface area contributed by atoms with Crippen LogP contribution in [0.25, 0.3) is 0 Å². The van der Waals surface area contributed by atoms with Crippen LogP contribution in [0.3, 0.4) is 0 Å². The summed E-state index contributed by atoms with van der Waals surface area (Å²) in [5.41, 5.74) is 5.84. The molecular formula is C13H15N3O2. The summed E-state index contributed by atoms with van der Waals surface area (Å²) in [6, 6.07) is 9.35. The average molecular weight is 245 g/mol. The van der Waals surface area contributed by atoms with Crippen LogP contribution >= 0.6 is 0 Å². The molecule has 0 aliphatic heterocycles. The van der Waals surface area contributed by atoms with Crippen molar-refractivity contribution >= 4 is 5.69 Å². The molecule has 5 nitrogen and oxygen atoms in total. The number of hydrogen-bond acceptors (Lipinski definition) is 3. The molecule has 0 saturated carbocycles. The minimum absolute atomic E-state index is 0.0902. The number of rotatable bonds is 3. The molecule has 0 fully saturated rings. The lowest BCUT2D eigenvalue weighted by Crippen LogP contribution is -2.40. The van der Waals surface area contributed by atoms with E-state index in [0.29, 0.717) is 6.54 Å². The number of anilines is 1. The van der Waals surface area contributed by atoms with Crippen molar-refractivity contribution in [1.82, 2.24) is 9.13 Å². The molecule has 0 radical (unpaired) electrons. The Hall–Kier alpha value is -2.30. The van der Waals surface area contributed by atoms with Gasteiger partial charge in [0.25, 0.3) is 5.56 Å². The highest BCUT2D eigenvalue weighted by molar-refractivity contribution is 5.31. The number of nitrogen functional groups attached to an aromatic ring is 1. The Morgan fingerprint density at radius 1 is 1.17 bits per heavy atom. The molecule has 0 saturated heterocycles. The molecule has 2 aromatic rings. The van der Waals surface area contributed by atoms with Crippen molar-refractivity contribution in [3.63, 3.8) is 0 Å². The predicted octanol–water partition coefficient (Wildman–Crippen LogP) is 0.660. The second-order valence-corrected chi connectivity index (χ2v) is 4.03. The van der Waals surface area contributed by atoms with Gasteiger partial charge in [0.2, 0.25) is 0 Å². The highest BCUT2D eigenvalue weighted by atomic mass is 16.2. The van der Waals surface area contributed by atoms with Gasteiger partial charge in [-0.3, -0.25) is 13.9 Å². The highest BCUT2D eigenvalue weighted by Gasteiger charge is 2.08.